The zero-order valence-electron chi connectivity index (χ0n) is 19.7. The second-order valence-corrected chi connectivity index (χ2v) is 9.24. The average Bonchev–Trinajstić information content (AvgIpc) is 3.63. The van der Waals surface area contributed by atoms with Crippen LogP contribution in [0.4, 0.5) is 4.79 Å². The first-order valence-electron chi connectivity index (χ1n) is 12.0. The third-order valence-electron chi connectivity index (χ3n) is 6.93. The van der Waals surface area contributed by atoms with Crippen LogP contribution < -0.4 is 5.32 Å². The van der Waals surface area contributed by atoms with Crippen molar-refractivity contribution in [2.45, 2.75) is 57.5 Å². The molecule has 0 saturated heterocycles. The predicted octanol–water partition coefficient (Wildman–Crippen LogP) is 4.41. The van der Waals surface area contributed by atoms with E-state index in [4.69, 9.17) is 9.84 Å². The van der Waals surface area contributed by atoms with E-state index in [-0.39, 0.29) is 43.4 Å². The van der Waals surface area contributed by atoms with Crippen molar-refractivity contribution in [2.75, 3.05) is 13.2 Å². The molecule has 0 aliphatic heterocycles. The van der Waals surface area contributed by atoms with E-state index in [9.17, 15) is 14.4 Å². The number of aliphatic carboxylic acids is 1. The highest BCUT2D eigenvalue weighted by Gasteiger charge is 2.38. The normalized spacial score (nSPS) is 16.2. The molecule has 1 saturated carbocycles. The molecule has 2 aliphatic carbocycles. The average molecular weight is 465 g/mol. The first kappa shape index (κ1) is 23.8. The summed E-state index contributed by atoms with van der Waals surface area (Å²) < 4.78 is 5.65. The number of carboxylic acid groups (broad SMARTS) is 1. The lowest BCUT2D eigenvalue weighted by atomic mass is 9.97. The van der Waals surface area contributed by atoms with Crippen molar-refractivity contribution in [3.05, 3.63) is 59.7 Å². The number of hydrogen-bond acceptors (Lipinski definition) is 4. The number of carbonyl (C=O) groups excluding carboxylic acids is 2. The Kier molecular flexibility index (Phi) is 7.20. The van der Waals surface area contributed by atoms with Gasteiger partial charge in [-0.25, -0.2) is 4.79 Å². The van der Waals surface area contributed by atoms with Crippen LogP contribution >= 0.6 is 0 Å². The maximum Gasteiger partial charge on any atom is 0.407 e. The van der Waals surface area contributed by atoms with Gasteiger partial charge >= 0.3 is 12.1 Å². The van der Waals surface area contributed by atoms with Gasteiger partial charge in [-0.1, -0.05) is 68.8 Å². The van der Waals surface area contributed by atoms with Crippen molar-refractivity contribution in [1.82, 2.24) is 10.2 Å². The number of rotatable bonds is 10. The lowest BCUT2D eigenvalue weighted by Crippen LogP contribution is -2.53. The molecular weight excluding hydrogens is 432 g/mol. The zero-order valence-corrected chi connectivity index (χ0v) is 19.7. The van der Waals surface area contributed by atoms with Crippen LogP contribution in [0.1, 0.15) is 56.6 Å². The van der Waals surface area contributed by atoms with Crippen molar-refractivity contribution < 1.29 is 24.2 Å². The molecule has 1 unspecified atom stereocenters. The Bertz CT molecular complexity index is 1020. The molecule has 2 aromatic rings. The molecule has 0 heterocycles. The first-order valence-corrected chi connectivity index (χ1v) is 12.0. The fourth-order valence-electron chi connectivity index (χ4n) is 4.70. The van der Waals surface area contributed by atoms with Gasteiger partial charge in [0.1, 0.15) is 12.6 Å². The van der Waals surface area contributed by atoms with Gasteiger partial charge in [-0.2, -0.15) is 0 Å². The summed E-state index contributed by atoms with van der Waals surface area (Å²) in [4.78, 5) is 38.8. The van der Waals surface area contributed by atoms with Gasteiger partial charge < -0.3 is 20.1 Å². The van der Waals surface area contributed by atoms with E-state index in [0.717, 1.165) is 35.1 Å². The minimum absolute atomic E-state index is 0.0581. The molecule has 0 aromatic heterocycles. The zero-order chi connectivity index (χ0) is 24.2. The number of amides is 2. The molecule has 1 fully saturated rings. The van der Waals surface area contributed by atoms with Gasteiger partial charge in [0.25, 0.3) is 0 Å². The third-order valence-corrected chi connectivity index (χ3v) is 6.93. The van der Waals surface area contributed by atoms with Crippen molar-refractivity contribution in [3.8, 4) is 11.1 Å². The van der Waals surface area contributed by atoms with E-state index in [0.29, 0.717) is 6.42 Å². The molecule has 0 spiro atoms. The molecule has 4 rings (SSSR count). The van der Waals surface area contributed by atoms with Gasteiger partial charge in [0.05, 0.1) is 6.42 Å². The molecule has 2 amide bonds. The summed E-state index contributed by atoms with van der Waals surface area (Å²) in [5.74, 6) is -1.34. The molecule has 180 valence electrons. The van der Waals surface area contributed by atoms with Gasteiger partial charge in [-0.3, -0.25) is 9.59 Å². The van der Waals surface area contributed by atoms with Crippen LogP contribution in [0.25, 0.3) is 11.1 Å². The molecule has 2 aliphatic rings. The van der Waals surface area contributed by atoms with E-state index in [1.807, 2.05) is 38.1 Å². The Morgan fingerprint density at radius 2 is 1.65 bits per heavy atom. The molecule has 0 radical (unpaired) electrons. The molecule has 2 aromatic carbocycles. The fraction of sp³-hybridized carbons (Fsp3) is 0.444. The maximum atomic E-state index is 13.3. The van der Waals surface area contributed by atoms with Crippen LogP contribution in [0.15, 0.2) is 48.5 Å². The Hall–Kier alpha value is -3.35. The van der Waals surface area contributed by atoms with E-state index in [1.54, 1.807) is 4.90 Å². The van der Waals surface area contributed by atoms with Gasteiger partial charge in [0.2, 0.25) is 5.91 Å². The van der Waals surface area contributed by atoms with Crippen molar-refractivity contribution >= 4 is 18.0 Å². The number of carboxylic acids is 1. The van der Waals surface area contributed by atoms with Crippen LogP contribution in [0.3, 0.4) is 0 Å². The van der Waals surface area contributed by atoms with E-state index in [1.165, 1.54) is 0 Å². The Morgan fingerprint density at radius 1 is 1.06 bits per heavy atom. The summed E-state index contributed by atoms with van der Waals surface area (Å²) in [7, 11) is 0. The maximum absolute atomic E-state index is 13.3. The standard InChI is InChI=1S/C27H32N2O5/c1-3-17(2)25(26(32)29(18-12-13-18)15-14-24(30)31)28-27(33)34-16-23-21-10-6-4-8-19(21)20-9-5-7-11-22(20)23/h4-11,17-18,23,25H,3,12-16H2,1-2H3,(H,28,33)(H,30,31)/t17?,25-/m0/s1. The van der Waals surface area contributed by atoms with Gasteiger partial charge in [-0.15, -0.1) is 0 Å². The summed E-state index contributed by atoms with van der Waals surface area (Å²) in [6, 6.07) is 15.6. The van der Waals surface area contributed by atoms with Crippen molar-refractivity contribution in [2.24, 2.45) is 5.92 Å². The van der Waals surface area contributed by atoms with Crippen LogP contribution in [-0.2, 0) is 14.3 Å². The smallest absolute Gasteiger partial charge is 0.407 e. The summed E-state index contributed by atoms with van der Waals surface area (Å²) in [6.45, 7) is 4.20. The van der Waals surface area contributed by atoms with Gasteiger partial charge in [-0.05, 0) is 41.0 Å². The number of benzene rings is 2. The quantitative estimate of drug-likeness (QED) is 0.543. The molecule has 7 heteroatoms. The number of ether oxygens (including phenoxy) is 1. The number of carbonyl (C=O) groups is 3. The van der Waals surface area contributed by atoms with E-state index < -0.39 is 18.1 Å². The summed E-state index contributed by atoms with van der Waals surface area (Å²) in [6.07, 6.45) is 1.68. The summed E-state index contributed by atoms with van der Waals surface area (Å²) in [5.41, 5.74) is 4.55. The summed E-state index contributed by atoms with van der Waals surface area (Å²) >= 11 is 0. The Labute approximate surface area is 200 Å². The molecule has 2 atom stereocenters. The van der Waals surface area contributed by atoms with Crippen LogP contribution in [0.5, 0.6) is 0 Å². The van der Waals surface area contributed by atoms with E-state index in [2.05, 4.69) is 29.6 Å². The number of nitrogens with one attached hydrogen (secondary N) is 1. The summed E-state index contributed by atoms with van der Waals surface area (Å²) in [5, 5.41) is 11.9. The topological polar surface area (TPSA) is 95.9 Å². The lowest BCUT2D eigenvalue weighted by molar-refractivity contribution is -0.139. The molecule has 7 nitrogen and oxygen atoms in total. The van der Waals surface area contributed by atoms with Crippen LogP contribution in [0, 0.1) is 5.92 Å². The Morgan fingerprint density at radius 3 is 2.18 bits per heavy atom. The highest BCUT2D eigenvalue weighted by Crippen LogP contribution is 2.44. The lowest BCUT2D eigenvalue weighted by Gasteiger charge is -2.30. The predicted molar refractivity (Wildman–Crippen MR) is 128 cm³/mol. The second-order valence-electron chi connectivity index (χ2n) is 9.24. The molecule has 0 bridgehead atoms. The first-order chi connectivity index (χ1) is 16.4. The highest BCUT2D eigenvalue weighted by atomic mass is 16.5. The third kappa shape index (κ3) is 5.08. The van der Waals surface area contributed by atoms with Crippen molar-refractivity contribution in [3.63, 3.8) is 0 Å². The van der Waals surface area contributed by atoms with Gasteiger partial charge in [0.15, 0.2) is 0 Å². The minimum atomic E-state index is -0.942. The number of alkyl carbamates (subject to hydrolysis) is 1. The molecule has 2 N–H and O–H groups in total. The number of nitrogens with zero attached hydrogens (tertiary/aromatic N) is 1. The van der Waals surface area contributed by atoms with Crippen LogP contribution in [-0.4, -0.2) is 53.2 Å². The second kappa shape index (κ2) is 10.3. The monoisotopic (exact) mass is 464 g/mol. The minimum Gasteiger partial charge on any atom is -0.481 e. The fourth-order valence-corrected chi connectivity index (χ4v) is 4.70. The largest absolute Gasteiger partial charge is 0.481 e. The highest BCUT2D eigenvalue weighted by molar-refractivity contribution is 5.87. The molecular formula is C27H32N2O5. The number of hydrogen-bond donors (Lipinski definition) is 2. The van der Waals surface area contributed by atoms with E-state index >= 15 is 0 Å². The van der Waals surface area contributed by atoms with Crippen molar-refractivity contribution in [1.29, 1.82) is 0 Å². The van der Waals surface area contributed by atoms with Crippen LogP contribution in [0.2, 0.25) is 0 Å². The molecule has 34 heavy (non-hydrogen) atoms. The number of fused-ring (bicyclic) bond motifs is 3. The Balaban J connectivity index is 1.44. The SMILES string of the molecule is CCC(C)[C@H](NC(=O)OCC1c2ccccc2-c2ccccc21)C(=O)N(CCC(=O)O)C1CC1. The van der Waals surface area contributed by atoms with Gasteiger partial charge in [0, 0.05) is 18.5 Å².